The molecule has 1 amide bonds. The van der Waals surface area contributed by atoms with Gasteiger partial charge in [0, 0.05) is 19.6 Å². The molecule has 26 heavy (non-hydrogen) atoms. The van der Waals surface area contributed by atoms with E-state index in [9.17, 15) is 9.90 Å². The molecule has 2 N–H and O–H groups in total. The summed E-state index contributed by atoms with van der Waals surface area (Å²) in [7, 11) is 0. The van der Waals surface area contributed by atoms with E-state index < -0.39 is 0 Å². The predicted molar refractivity (Wildman–Crippen MR) is 101 cm³/mol. The number of benzene rings is 2. The first-order valence-corrected chi connectivity index (χ1v) is 9.16. The quantitative estimate of drug-likeness (QED) is 0.837. The van der Waals surface area contributed by atoms with Crippen LogP contribution < -0.4 is 5.32 Å². The minimum atomic E-state index is -0.244. The molecule has 1 atom stereocenters. The van der Waals surface area contributed by atoms with Crippen molar-refractivity contribution in [2.75, 3.05) is 32.8 Å². The zero-order chi connectivity index (χ0) is 18.4. The van der Waals surface area contributed by atoms with E-state index in [0.717, 1.165) is 25.1 Å². The van der Waals surface area contributed by atoms with Gasteiger partial charge in [-0.15, -0.1) is 0 Å². The number of amides is 1. The molecule has 5 nitrogen and oxygen atoms in total. The standard InChI is InChI=1S/C21H26N2O3/c1-2-16-8-9-20(24)18(14-16)21(25)22-15-19(17-6-4-3-5-7-17)23-10-12-26-13-11-23/h3-9,14,19,24H,2,10-13,15H2,1H3,(H,22,25). The summed E-state index contributed by atoms with van der Waals surface area (Å²) in [5.41, 5.74) is 2.53. The van der Waals surface area contributed by atoms with Crippen LogP contribution in [0.1, 0.15) is 34.5 Å². The van der Waals surface area contributed by atoms with Crippen LogP contribution in [0.25, 0.3) is 0 Å². The topological polar surface area (TPSA) is 61.8 Å². The molecule has 3 rings (SSSR count). The maximum absolute atomic E-state index is 12.6. The molecule has 2 aromatic carbocycles. The Morgan fingerprint density at radius 2 is 1.92 bits per heavy atom. The molecule has 1 saturated heterocycles. The van der Waals surface area contributed by atoms with Gasteiger partial charge in [-0.25, -0.2) is 0 Å². The molecule has 5 heteroatoms. The average Bonchev–Trinajstić information content (AvgIpc) is 2.70. The number of carbonyl (C=O) groups excluding carboxylic acids is 1. The van der Waals surface area contributed by atoms with E-state index in [1.807, 2.05) is 31.2 Å². The number of rotatable bonds is 6. The molecular formula is C21H26N2O3. The summed E-state index contributed by atoms with van der Waals surface area (Å²) in [4.78, 5) is 15.0. The van der Waals surface area contributed by atoms with E-state index in [2.05, 4.69) is 22.3 Å². The van der Waals surface area contributed by atoms with Crippen LogP contribution in [0.2, 0.25) is 0 Å². The maximum atomic E-state index is 12.6. The zero-order valence-corrected chi connectivity index (χ0v) is 15.1. The number of ether oxygens (including phenoxy) is 1. The van der Waals surface area contributed by atoms with Crippen molar-refractivity contribution in [3.05, 3.63) is 65.2 Å². The van der Waals surface area contributed by atoms with Gasteiger partial charge in [-0.05, 0) is 29.7 Å². The first-order chi connectivity index (χ1) is 12.7. The number of aryl methyl sites for hydroxylation is 1. The van der Waals surface area contributed by atoms with E-state index in [1.165, 1.54) is 5.56 Å². The molecule has 0 bridgehead atoms. The minimum Gasteiger partial charge on any atom is -0.507 e. The fourth-order valence-electron chi connectivity index (χ4n) is 3.29. The van der Waals surface area contributed by atoms with Crippen molar-refractivity contribution in [2.45, 2.75) is 19.4 Å². The number of phenolic OH excluding ortho intramolecular Hbond substituents is 1. The first-order valence-electron chi connectivity index (χ1n) is 9.16. The monoisotopic (exact) mass is 354 g/mol. The Balaban J connectivity index is 1.74. The Bertz CT molecular complexity index is 727. The van der Waals surface area contributed by atoms with Crippen molar-refractivity contribution < 1.29 is 14.6 Å². The maximum Gasteiger partial charge on any atom is 0.255 e. The third kappa shape index (κ3) is 4.42. The number of nitrogens with one attached hydrogen (secondary N) is 1. The number of hydrogen-bond donors (Lipinski definition) is 2. The highest BCUT2D eigenvalue weighted by Gasteiger charge is 2.23. The van der Waals surface area contributed by atoms with Crippen molar-refractivity contribution >= 4 is 5.91 Å². The van der Waals surface area contributed by atoms with E-state index in [-0.39, 0.29) is 17.7 Å². The fraction of sp³-hybridized carbons (Fsp3) is 0.381. The van der Waals surface area contributed by atoms with Crippen LogP contribution >= 0.6 is 0 Å². The van der Waals surface area contributed by atoms with Crippen molar-refractivity contribution in [2.24, 2.45) is 0 Å². The minimum absolute atomic E-state index is 0.0160. The lowest BCUT2D eigenvalue weighted by atomic mass is 10.0. The lowest BCUT2D eigenvalue weighted by molar-refractivity contribution is 0.0162. The molecule has 0 aliphatic carbocycles. The van der Waals surface area contributed by atoms with Gasteiger partial charge < -0.3 is 15.2 Å². The Labute approximate surface area is 154 Å². The number of phenols is 1. The second-order valence-corrected chi connectivity index (χ2v) is 6.49. The second-order valence-electron chi connectivity index (χ2n) is 6.49. The van der Waals surface area contributed by atoms with Gasteiger partial charge in [0.15, 0.2) is 0 Å². The summed E-state index contributed by atoms with van der Waals surface area (Å²) in [5.74, 6) is -0.227. The Morgan fingerprint density at radius 3 is 2.62 bits per heavy atom. The largest absolute Gasteiger partial charge is 0.507 e. The highest BCUT2D eigenvalue weighted by Crippen LogP contribution is 2.22. The molecule has 2 aromatic rings. The van der Waals surface area contributed by atoms with Gasteiger partial charge in [-0.1, -0.05) is 43.3 Å². The number of hydrogen-bond acceptors (Lipinski definition) is 4. The summed E-state index contributed by atoms with van der Waals surface area (Å²) in [6.07, 6.45) is 0.820. The van der Waals surface area contributed by atoms with Crippen LogP contribution in [0.15, 0.2) is 48.5 Å². The van der Waals surface area contributed by atoms with E-state index in [1.54, 1.807) is 12.1 Å². The van der Waals surface area contributed by atoms with E-state index >= 15 is 0 Å². The van der Waals surface area contributed by atoms with Crippen LogP contribution in [0.3, 0.4) is 0 Å². The lowest BCUT2D eigenvalue weighted by Crippen LogP contribution is -2.43. The van der Waals surface area contributed by atoms with Crippen molar-refractivity contribution in [1.29, 1.82) is 0 Å². The van der Waals surface area contributed by atoms with Gasteiger partial charge in [-0.3, -0.25) is 9.69 Å². The summed E-state index contributed by atoms with van der Waals surface area (Å²) < 4.78 is 5.46. The van der Waals surface area contributed by atoms with Gasteiger partial charge in [0.05, 0.1) is 24.8 Å². The molecule has 1 aliphatic rings. The SMILES string of the molecule is CCc1ccc(O)c(C(=O)NCC(c2ccccc2)N2CCOCC2)c1. The molecule has 0 saturated carbocycles. The number of aromatic hydroxyl groups is 1. The van der Waals surface area contributed by atoms with Gasteiger partial charge in [0.25, 0.3) is 5.91 Å². The number of carbonyl (C=O) groups is 1. The zero-order valence-electron chi connectivity index (χ0n) is 15.1. The van der Waals surface area contributed by atoms with E-state index in [4.69, 9.17) is 4.74 Å². The lowest BCUT2D eigenvalue weighted by Gasteiger charge is -2.35. The fourth-order valence-corrected chi connectivity index (χ4v) is 3.29. The highest BCUT2D eigenvalue weighted by atomic mass is 16.5. The summed E-state index contributed by atoms with van der Waals surface area (Å²) in [6, 6.07) is 15.5. The molecule has 0 radical (unpaired) electrons. The highest BCUT2D eigenvalue weighted by molar-refractivity contribution is 5.97. The number of nitrogens with zero attached hydrogens (tertiary/aromatic N) is 1. The molecule has 1 aliphatic heterocycles. The Kier molecular flexibility index (Phi) is 6.26. The van der Waals surface area contributed by atoms with Crippen LogP contribution in [-0.4, -0.2) is 48.8 Å². The van der Waals surface area contributed by atoms with Crippen molar-refractivity contribution in [3.8, 4) is 5.75 Å². The van der Waals surface area contributed by atoms with Crippen LogP contribution in [0, 0.1) is 0 Å². The molecule has 0 spiro atoms. The van der Waals surface area contributed by atoms with Crippen molar-refractivity contribution in [3.63, 3.8) is 0 Å². The predicted octanol–water partition coefficient (Wildman–Crippen LogP) is 2.76. The summed E-state index contributed by atoms with van der Waals surface area (Å²) in [6.45, 7) is 5.60. The second kappa shape index (κ2) is 8.83. The van der Waals surface area contributed by atoms with Gasteiger partial charge in [0.2, 0.25) is 0 Å². The average molecular weight is 354 g/mol. The third-order valence-electron chi connectivity index (χ3n) is 4.84. The smallest absolute Gasteiger partial charge is 0.255 e. The summed E-state index contributed by atoms with van der Waals surface area (Å²) >= 11 is 0. The first kappa shape index (κ1) is 18.4. The van der Waals surface area contributed by atoms with Gasteiger partial charge in [0.1, 0.15) is 5.75 Å². The Hall–Kier alpha value is -2.37. The summed E-state index contributed by atoms with van der Waals surface area (Å²) in [5, 5.41) is 13.0. The third-order valence-corrected chi connectivity index (χ3v) is 4.84. The van der Waals surface area contributed by atoms with Gasteiger partial charge in [-0.2, -0.15) is 0 Å². The molecule has 1 fully saturated rings. The van der Waals surface area contributed by atoms with E-state index in [0.29, 0.717) is 25.3 Å². The van der Waals surface area contributed by atoms with Gasteiger partial charge >= 0.3 is 0 Å². The van der Waals surface area contributed by atoms with Crippen LogP contribution in [0.5, 0.6) is 5.75 Å². The number of morpholine rings is 1. The Morgan fingerprint density at radius 1 is 1.19 bits per heavy atom. The molecule has 0 aromatic heterocycles. The van der Waals surface area contributed by atoms with Crippen LogP contribution in [0.4, 0.5) is 0 Å². The molecule has 1 unspecified atom stereocenters. The van der Waals surface area contributed by atoms with Crippen molar-refractivity contribution in [1.82, 2.24) is 10.2 Å². The molecular weight excluding hydrogens is 328 g/mol. The normalized spacial score (nSPS) is 16.2. The van der Waals surface area contributed by atoms with Crippen LogP contribution in [-0.2, 0) is 11.2 Å². The molecule has 138 valence electrons. The molecule has 1 heterocycles.